The predicted molar refractivity (Wildman–Crippen MR) is 120 cm³/mol. The summed E-state index contributed by atoms with van der Waals surface area (Å²) >= 11 is 3.00. The van der Waals surface area contributed by atoms with Crippen LogP contribution < -0.4 is 5.32 Å². The molecule has 0 radical (unpaired) electrons. The van der Waals surface area contributed by atoms with Crippen molar-refractivity contribution in [3.63, 3.8) is 0 Å². The Hall–Kier alpha value is -3.05. The van der Waals surface area contributed by atoms with Gasteiger partial charge >= 0.3 is 0 Å². The van der Waals surface area contributed by atoms with E-state index in [9.17, 15) is 4.79 Å². The van der Waals surface area contributed by atoms with E-state index in [1.54, 1.807) is 11.3 Å². The number of nitrogens with one attached hydrogen (secondary N) is 1. The number of nitrogens with zero attached hydrogens (tertiary/aromatic N) is 7. The molecule has 3 heterocycles. The molecule has 1 fully saturated rings. The number of hydrogen-bond acceptors (Lipinski definition) is 8. The van der Waals surface area contributed by atoms with Gasteiger partial charge in [-0.05, 0) is 53.8 Å². The van der Waals surface area contributed by atoms with Gasteiger partial charge in [0.25, 0.3) is 0 Å². The van der Waals surface area contributed by atoms with Crippen molar-refractivity contribution in [3.8, 4) is 22.1 Å². The number of thioether (sulfide) groups is 1. The molecule has 9 nitrogen and oxygen atoms in total. The molecule has 1 aliphatic rings. The first-order valence-corrected chi connectivity index (χ1v) is 11.9. The van der Waals surface area contributed by atoms with Crippen molar-refractivity contribution in [1.29, 1.82) is 0 Å². The molecule has 0 aliphatic heterocycles. The molecule has 1 aromatic carbocycles. The SMILES string of the molecule is CCn1c(SCC(=O)Nc2cccc(-c3nnnn3C3CC3)c2)nnc1-c1cccs1. The minimum absolute atomic E-state index is 0.104. The van der Waals surface area contributed by atoms with Gasteiger partial charge in [-0.1, -0.05) is 30.0 Å². The molecule has 1 saturated carbocycles. The number of carbonyl (C=O) groups excluding carboxylic acids is 1. The van der Waals surface area contributed by atoms with E-state index in [2.05, 4.69) is 31.0 Å². The van der Waals surface area contributed by atoms with Crippen LogP contribution in [0, 0.1) is 0 Å². The van der Waals surface area contributed by atoms with Crippen molar-refractivity contribution in [2.45, 2.75) is 37.5 Å². The maximum atomic E-state index is 12.6. The van der Waals surface area contributed by atoms with Crippen LogP contribution in [-0.4, -0.2) is 46.6 Å². The van der Waals surface area contributed by atoms with Gasteiger partial charge in [0.05, 0.1) is 16.7 Å². The van der Waals surface area contributed by atoms with E-state index in [4.69, 9.17) is 0 Å². The van der Waals surface area contributed by atoms with Gasteiger partial charge in [0.15, 0.2) is 16.8 Å². The fourth-order valence-corrected chi connectivity index (χ4v) is 4.80. The number of hydrogen-bond donors (Lipinski definition) is 1. The Bertz CT molecular complexity index is 1200. The summed E-state index contributed by atoms with van der Waals surface area (Å²) in [6.45, 7) is 2.78. The Morgan fingerprint density at radius 3 is 2.87 bits per heavy atom. The first kappa shape index (κ1) is 19.9. The molecular formula is C20H20N8OS2. The van der Waals surface area contributed by atoms with E-state index in [0.29, 0.717) is 11.7 Å². The Kier molecular flexibility index (Phi) is 5.51. The monoisotopic (exact) mass is 452 g/mol. The second-order valence-corrected chi connectivity index (χ2v) is 9.01. The molecule has 1 amide bonds. The highest BCUT2D eigenvalue weighted by molar-refractivity contribution is 7.99. The van der Waals surface area contributed by atoms with Gasteiger partial charge < -0.3 is 9.88 Å². The Morgan fingerprint density at radius 1 is 1.19 bits per heavy atom. The molecule has 158 valence electrons. The highest BCUT2D eigenvalue weighted by atomic mass is 32.2. The number of carbonyl (C=O) groups is 1. The first-order valence-electron chi connectivity index (χ1n) is 10.0. The summed E-state index contributed by atoms with van der Waals surface area (Å²) in [5, 5.41) is 26.4. The van der Waals surface area contributed by atoms with Crippen LogP contribution in [0.1, 0.15) is 25.8 Å². The third-order valence-electron chi connectivity index (χ3n) is 4.90. The number of amides is 1. The summed E-state index contributed by atoms with van der Waals surface area (Å²) in [7, 11) is 0. The van der Waals surface area contributed by atoms with Crippen LogP contribution in [0.5, 0.6) is 0 Å². The van der Waals surface area contributed by atoms with E-state index in [0.717, 1.165) is 46.6 Å². The van der Waals surface area contributed by atoms with E-state index in [1.165, 1.54) is 11.8 Å². The molecular weight excluding hydrogens is 432 g/mol. The van der Waals surface area contributed by atoms with Gasteiger partial charge in [0, 0.05) is 17.8 Å². The first-order chi connectivity index (χ1) is 15.2. The highest BCUT2D eigenvalue weighted by Crippen LogP contribution is 2.36. The van der Waals surface area contributed by atoms with Crippen molar-refractivity contribution in [2.75, 3.05) is 11.1 Å². The molecule has 4 aromatic rings. The van der Waals surface area contributed by atoms with Crippen LogP contribution in [0.4, 0.5) is 5.69 Å². The van der Waals surface area contributed by atoms with Crippen LogP contribution in [0.2, 0.25) is 0 Å². The molecule has 3 aromatic heterocycles. The zero-order valence-corrected chi connectivity index (χ0v) is 18.4. The van der Waals surface area contributed by atoms with Crippen molar-refractivity contribution >= 4 is 34.7 Å². The van der Waals surface area contributed by atoms with Gasteiger partial charge in [-0.3, -0.25) is 4.79 Å². The third-order valence-corrected chi connectivity index (χ3v) is 6.73. The topological polar surface area (TPSA) is 103 Å². The van der Waals surface area contributed by atoms with Crippen LogP contribution in [0.25, 0.3) is 22.1 Å². The molecule has 5 rings (SSSR count). The lowest BCUT2D eigenvalue weighted by atomic mass is 10.2. The summed E-state index contributed by atoms with van der Waals surface area (Å²) < 4.78 is 3.89. The molecule has 0 spiro atoms. The van der Waals surface area contributed by atoms with E-state index < -0.39 is 0 Å². The highest BCUT2D eigenvalue weighted by Gasteiger charge is 2.28. The molecule has 31 heavy (non-hydrogen) atoms. The van der Waals surface area contributed by atoms with Crippen LogP contribution in [0.3, 0.4) is 0 Å². The zero-order valence-electron chi connectivity index (χ0n) is 16.8. The lowest BCUT2D eigenvalue weighted by Crippen LogP contribution is -2.14. The summed E-state index contributed by atoms with van der Waals surface area (Å²) in [5.41, 5.74) is 1.60. The number of thiophene rings is 1. The van der Waals surface area contributed by atoms with E-state index in [-0.39, 0.29) is 11.7 Å². The lowest BCUT2D eigenvalue weighted by molar-refractivity contribution is -0.113. The Labute approximate surface area is 186 Å². The van der Waals surface area contributed by atoms with E-state index >= 15 is 0 Å². The molecule has 1 N–H and O–H groups in total. The standard InChI is InChI=1S/C20H20N8OS2/c1-2-27-19(16-7-4-10-30-16)22-24-20(27)31-12-17(29)21-14-6-3-5-13(11-14)18-23-25-26-28(18)15-8-9-15/h3-7,10-11,15H,2,8-9,12H2,1H3,(H,21,29). The van der Waals surface area contributed by atoms with E-state index in [1.807, 2.05) is 58.0 Å². The normalized spacial score (nSPS) is 13.5. The fraction of sp³-hybridized carbons (Fsp3) is 0.300. The van der Waals surface area contributed by atoms with Gasteiger partial charge in [0.2, 0.25) is 5.91 Å². The minimum Gasteiger partial charge on any atom is -0.325 e. The minimum atomic E-state index is -0.104. The van der Waals surface area contributed by atoms with Gasteiger partial charge in [0.1, 0.15) is 0 Å². The fourth-order valence-electron chi connectivity index (χ4n) is 3.28. The molecule has 1 aliphatic carbocycles. The third kappa shape index (κ3) is 4.23. The lowest BCUT2D eigenvalue weighted by Gasteiger charge is -2.08. The average molecular weight is 453 g/mol. The number of aromatic nitrogens is 7. The summed E-state index contributed by atoms with van der Waals surface area (Å²) in [5.74, 6) is 1.70. The Morgan fingerprint density at radius 2 is 2.10 bits per heavy atom. The summed E-state index contributed by atoms with van der Waals surface area (Å²) in [4.78, 5) is 13.6. The quantitative estimate of drug-likeness (QED) is 0.406. The second kappa shape index (κ2) is 8.60. The molecule has 0 bridgehead atoms. The van der Waals surface area contributed by atoms with Gasteiger partial charge in [-0.15, -0.1) is 26.6 Å². The molecule has 11 heteroatoms. The molecule has 0 unspecified atom stereocenters. The number of tetrazole rings is 1. The van der Waals surface area contributed by atoms with Crippen molar-refractivity contribution in [2.24, 2.45) is 0 Å². The van der Waals surface area contributed by atoms with Crippen LogP contribution in [0.15, 0.2) is 46.9 Å². The van der Waals surface area contributed by atoms with Gasteiger partial charge in [-0.25, -0.2) is 4.68 Å². The van der Waals surface area contributed by atoms with Gasteiger partial charge in [-0.2, -0.15) is 0 Å². The molecule has 0 saturated heterocycles. The maximum Gasteiger partial charge on any atom is 0.234 e. The number of anilines is 1. The number of benzene rings is 1. The zero-order chi connectivity index (χ0) is 21.2. The largest absolute Gasteiger partial charge is 0.325 e. The summed E-state index contributed by atoms with van der Waals surface area (Å²) in [6.07, 6.45) is 2.20. The molecule has 0 atom stereocenters. The second-order valence-electron chi connectivity index (χ2n) is 7.12. The van der Waals surface area contributed by atoms with Crippen LogP contribution in [-0.2, 0) is 11.3 Å². The van der Waals surface area contributed by atoms with Crippen LogP contribution >= 0.6 is 23.1 Å². The number of rotatable bonds is 8. The predicted octanol–water partition coefficient (Wildman–Crippen LogP) is 3.75. The summed E-state index contributed by atoms with van der Waals surface area (Å²) in [6, 6.07) is 12.0. The van der Waals surface area contributed by atoms with Crippen molar-refractivity contribution in [1.82, 2.24) is 35.0 Å². The smallest absolute Gasteiger partial charge is 0.234 e. The average Bonchev–Trinajstić information content (AvgIpc) is 3.19. The van der Waals surface area contributed by atoms with Crippen molar-refractivity contribution in [3.05, 3.63) is 41.8 Å². The Balaban J connectivity index is 1.25. The maximum absolute atomic E-state index is 12.6. The van der Waals surface area contributed by atoms with Crippen molar-refractivity contribution < 1.29 is 4.79 Å².